The highest BCUT2D eigenvalue weighted by Gasteiger charge is 2.22. The first-order valence-electron chi connectivity index (χ1n) is 7.46. The molecule has 0 spiro atoms. The lowest BCUT2D eigenvalue weighted by Crippen LogP contribution is -2.27. The molecule has 1 aliphatic heterocycles. The maximum absolute atomic E-state index is 12.1. The lowest BCUT2D eigenvalue weighted by atomic mass is 9.95. The molecule has 0 aromatic heterocycles. The van der Waals surface area contributed by atoms with Crippen molar-refractivity contribution in [3.63, 3.8) is 0 Å². The Bertz CT molecular complexity index is 669. The maximum Gasteiger partial charge on any atom is 0.223 e. The standard InChI is InChI=1S/C18H19NO3/c20-15-6-3-4-13(10-15)12-19-18(21)11-17-16-7-2-1-5-14(16)8-9-22-17/h1-7,10,17,20H,8-9,11-12H2,(H,19,21)/t17-/m0/s1. The average molecular weight is 297 g/mol. The smallest absolute Gasteiger partial charge is 0.223 e. The molecule has 0 radical (unpaired) electrons. The van der Waals surface area contributed by atoms with E-state index in [-0.39, 0.29) is 17.8 Å². The summed E-state index contributed by atoms with van der Waals surface area (Å²) in [5, 5.41) is 12.3. The molecular formula is C18H19NO3. The molecule has 0 saturated carbocycles. The first-order valence-corrected chi connectivity index (χ1v) is 7.46. The molecule has 1 heterocycles. The summed E-state index contributed by atoms with van der Waals surface area (Å²) in [6.45, 7) is 1.06. The van der Waals surface area contributed by atoms with Crippen molar-refractivity contribution in [1.29, 1.82) is 0 Å². The van der Waals surface area contributed by atoms with Gasteiger partial charge in [0.25, 0.3) is 0 Å². The molecule has 1 amide bonds. The SMILES string of the molecule is O=C(C[C@@H]1OCCc2ccccc21)NCc1cccc(O)c1. The third-order valence-corrected chi connectivity index (χ3v) is 3.86. The van der Waals surface area contributed by atoms with E-state index in [1.54, 1.807) is 18.2 Å². The predicted octanol–water partition coefficient (Wildman–Crippen LogP) is 2.71. The van der Waals surface area contributed by atoms with E-state index < -0.39 is 0 Å². The van der Waals surface area contributed by atoms with Crippen molar-refractivity contribution in [2.75, 3.05) is 6.61 Å². The Morgan fingerprint density at radius 1 is 1.23 bits per heavy atom. The number of ether oxygens (including phenoxy) is 1. The number of rotatable bonds is 4. The highest BCUT2D eigenvalue weighted by Crippen LogP contribution is 2.29. The van der Waals surface area contributed by atoms with Crippen LogP contribution in [-0.2, 0) is 22.5 Å². The summed E-state index contributed by atoms with van der Waals surface area (Å²) in [4.78, 5) is 12.1. The molecule has 0 saturated heterocycles. The van der Waals surface area contributed by atoms with Crippen molar-refractivity contribution < 1.29 is 14.6 Å². The number of nitrogens with one attached hydrogen (secondary N) is 1. The van der Waals surface area contributed by atoms with Crippen molar-refractivity contribution >= 4 is 5.91 Å². The fourth-order valence-electron chi connectivity index (χ4n) is 2.75. The number of phenols is 1. The zero-order valence-corrected chi connectivity index (χ0v) is 12.3. The van der Waals surface area contributed by atoms with Crippen LogP contribution in [0.25, 0.3) is 0 Å². The number of amides is 1. The van der Waals surface area contributed by atoms with Crippen LogP contribution in [0.4, 0.5) is 0 Å². The Morgan fingerprint density at radius 2 is 2.09 bits per heavy atom. The summed E-state index contributed by atoms with van der Waals surface area (Å²) in [6, 6.07) is 15.0. The monoisotopic (exact) mass is 297 g/mol. The van der Waals surface area contributed by atoms with Crippen LogP contribution in [0.3, 0.4) is 0 Å². The average Bonchev–Trinajstić information content (AvgIpc) is 2.53. The maximum atomic E-state index is 12.1. The number of phenolic OH excluding ortho intramolecular Hbond substituents is 1. The molecule has 4 nitrogen and oxygen atoms in total. The van der Waals surface area contributed by atoms with Gasteiger partial charge in [-0.15, -0.1) is 0 Å². The number of carbonyl (C=O) groups excluding carboxylic acids is 1. The van der Waals surface area contributed by atoms with E-state index in [2.05, 4.69) is 11.4 Å². The lowest BCUT2D eigenvalue weighted by molar-refractivity contribution is -0.124. The van der Waals surface area contributed by atoms with E-state index in [9.17, 15) is 9.90 Å². The quantitative estimate of drug-likeness (QED) is 0.912. The van der Waals surface area contributed by atoms with E-state index in [4.69, 9.17) is 4.74 Å². The molecule has 2 aromatic carbocycles. The Balaban J connectivity index is 1.59. The second-order valence-electron chi connectivity index (χ2n) is 5.46. The van der Waals surface area contributed by atoms with Gasteiger partial charge >= 0.3 is 0 Å². The third kappa shape index (κ3) is 3.46. The summed E-state index contributed by atoms with van der Waals surface area (Å²) in [6.07, 6.45) is 1.04. The van der Waals surface area contributed by atoms with Gasteiger partial charge in [0.2, 0.25) is 5.91 Å². The Morgan fingerprint density at radius 3 is 2.95 bits per heavy atom. The number of fused-ring (bicyclic) bond motifs is 1. The molecule has 4 heteroatoms. The molecule has 0 fully saturated rings. The minimum atomic E-state index is -0.172. The second-order valence-corrected chi connectivity index (χ2v) is 5.46. The highest BCUT2D eigenvalue weighted by molar-refractivity contribution is 5.76. The van der Waals surface area contributed by atoms with Gasteiger partial charge in [-0.3, -0.25) is 4.79 Å². The van der Waals surface area contributed by atoms with Crippen molar-refractivity contribution in [2.24, 2.45) is 0 Å². The molecule has 114 valence electrons. The van der Waals surface area contributed by atoms with Crippen molar-refractivity contribution in [2.45, 2.75) is 25.5 Å². The van der Waals surface area contributed by atoms with Crippen molar-refractivity contribution in [3.05, 3.63) is 65.2 Å². The lowest BCUT2D eigenvalue weighted by Gasteiger charge is -2.25. The van der Waals surface area contributed by atoms with E-state index in [0.717, 1.165) is 17.5 Å². The van der Waals surface area contributed by atoms with Gasteiger partial charge in [-0.05, 0) is 35.2 Å². The van der Waals surface area contributed by atoms with Crippen LogP contribution in [0, 0.1) is 0 Å². The molecule has 0 bridgehead atoms. The number of hydrogen-bond acceptors (Lipinski definition) is 3. The van der Waals surface area contributed by atoms with E-state index in [1.165, 1.54) is 5.56 Å². The highest BCUT2D eigenvalue weighted by atomic mass is 16.5. The third-order valence-electron chi connectivity index (χ3n) is 3.86. The number of benzene rings is 2. The second kappa shape index (κ2) is 6.62. The van der Waals surface area contributed by atoms with Gasteiger partial charge in [-0.1, -0.05) is 36.4 Å². The summed E-state index contributed by atoms with van der Waals surface area (Å²) in [5.74, 6) is 0.154. The predicted molar refractivity (Wildman–Crippen MR) is 83.4 cm³/mol. The molecule has 2 N–H and O–H groups in total. The number of aromatic hydroxyl groups is 1. The van der Waals surface area contributed by atoms with E-state index in [1.807, 2.05) is 24.3 Å². The zero-order valence-electron chi connectivity index (χ0n) is 12.3. The van der Waals surface area contributed by atoms with Crippen LogP contribution in [0.5, 0.6) is 5.75 Å². The molecule has 3 rings (SSSR count). The fraction of sp³-hybridized carbons (Fsp3) is 0.278. The molecular weight excluding hydrogens is 278 g/mol. The number of hydrogen-bond donors (Lipinski definition) is 2. The summed E-state index contributed by atoms with van der Waals surface area (Å²) in [5.41, 5.74) is 3.25. The molecule has 0 unspecified atom stereocenters. The van der Waals surface area contributed by atoms with Gasteiger partial charge in [-0.25, -0.2) is 0 Å². The summed E-state index contributed by atoms with van der Waals surface area (Å²) >= 11 is 0. The molecule has 1 aliphatic rings. The van der Waals surface area contributed by atoms with Crippen LogP contribution in [0.15, 0.2) is 48.5 Å². The van der Waals surface area contributed by atoms with E-state index >= 15 is 0 Å². The van der Waals surface area contributed by atoms with E-state index in [0.29, 0.717) is 19.6 Å². The minimum Gasteiger partial charge on any atom is -0.508 e. The first-order chi connectivity index (χ1) is 10.7. The molecule has 0 aliphatic carbocycles. The Labute approximate surface area is 129 Å². The van der Waals surface area contributed by atoms with Gasteiger partial charge in [0.15, 0.2) is 0 Å². The van der Waals surface area contributed by atoms with Gasteiger partial charge in [0, 0.05) is 6.54 Å². The summed E-state index contributed by atoms with van der Waals surface area (Å²) in [7, 11) is 0. The van der Waals surface area contributed by atoms with Crippen LogP contribution in [0.1, 0.15) is 29.2 Å². The number of carbonyl (C=O) groups is 1. The van der Waals surface area contributed by atoms with Crippen LogP contribution >= 0.6 is 0 Å². The van der Waals surface area contributed by atoms with Crippen LogP contribution in [0.2, 0.25) is 0 Å². The fourth-order valence-corrected chi connectivity index (χ4v) is 2.75. The van der Waals surface area contributed by atoms with Gasteiger partial charge in [0.1, 0.15) is 5.75 Å². The Hall–Kier alpha value is -2.33. The van der Waals surface area contributed by atoms with Gasteiger partial charge in [0.05, 0.1) is 19.1 Å². The summed E-state index contributed by atoms with van der Waals surface area (Å²) < 4.78 is 5.75. The van der Waals surface area contributed by atoms with Gasteiger partial charge < -0.3 is 15.2 Å². The van der Waals surface area contributed by atoms with Crippen LogP contribution in [-0.4, -0.2) is 17.6 Å². The van der Waals surface area contributed by atoms with Crippen molar-refractivity contribution in [3.8, 4) is 5.75 Å². The first kappa shape index (κ1) is 14.6. The molecule has 22 heavy (non-hydrogen) atoms. The van der Waals surface area contributed by atoms with Gasteiger partial charge in [-0.2, -0.15) is 0 Å². The molecule has 1 atom stereocenters. The Kier molecular flexibility index (Phi) is 4.39. The largest absolute Gasteiger partial charge is 0.508 e. The van der Waals surface area contributed by atoms with Crippen molar-refractivity contribution in [1.82, 2.24) is 5.32 Å². The normalized spacial score (nSPS) is 16.8. The van der Waals surface area contributed by atoms with Crippen LogP contribution < -0.4 is 5.32 Å². The molecule has 2 aromatic rings. The zero-order chi connectivity index (χ0) is 15.4. The topological polar surface area (TPSA) is 58.6 Å². The minimum absolute atomic E-state index is 0.0509.